The van der Waals surface area contributed by atoms with E-state index in [0.29, 0.717) is 15.7 Å². The van der Waals surface area contributed by atoms with Gasteiger partial charge in [0.2, 0.25) is 11.8 Å². The number of fused-ring (bicyclic) bond motifs is 1. The van der Waals surface area contributed by atoms with E-state index in [2.05, 4.69) is 15.8 Å². The van der Waals surface area contributed by atoms with E-state index in [0.717, 1.165) is 17.3 Å². The molecule has 3 rings (SSSR count). The molecule has 7 nitrogen and oxygen atoms in total. The van der Waals surface area contributed by atoms with E-state index in [9.17, 15) is 14.4 Å². The average Bonchev–Trinajstić information content (AvgIpc) is 3.31. The molecular formula is C17H15N3O4S2. The third kappa shape index (κ3) is 4.93. The topological polar surface area (TPSA) is 101 Å². The van der Waals surface area contributed by atoms with Gasteiger partial charge in [0, 0.05) is 12.8 Å². The number of hydrogen-bond donors (Lipinski definition) is 2. The highest BCUT2D eigenvalue weighted by molar-refractivity contribution is 7.99. The van der Waals surface area contributed by atoms with Gasteiger partial charge < -0.3 is 4.42 Å². The first-order valence-corrected chi connectivity index (χ1v) is 9.61. The monoisotopic (exact) mass is 389 g/mol. The first-order valence-electron chi connectivity index (χ1n) is 7.74. The fraction of sp³-hybridized carbons (Fsp3) is 0.176. The van der Waals surface area contributed by atoms with E-state index >= 15 is 0 Å². The van der Waals surface area contributed by atoms with Gasteiger partial charge in [0.25, 0.3) is 5.22 Å². The predicted octanol–water partition coefficient (Wildman–Crippen LogP) is 2.79. The van der Waals surface area contributed by atoms with Crippen LogP contribution in [0.1, 0.15) is 22.5 Å². The fourth-order valence-electron chi connectivity index (χ4n) is 2.07. The molecule has 0 aliphatic rings. The second-order valence-corrected chi connectivity index (χ2v) is 7.11. The molecule has 2 amide bonds. The standard InChI is InChI=1S/C17H15N3O4S2/c21-12(14-6-3-9-25-14)7-8-15(22)19-20-16(23)10-26-17-18-11-4-1-2-5-13(11)24-17/h1-6,9H,7-8,10H2,(H,19,22)(H,20,23). The molecule has 26 heavy (non-hydrogen) atoms. The van der Waals surface area contributed by atoms with Gasteiger partial charge in [-0.05, 0) is 23.6 Å². The Hall–Kier alpha value is -2.65. The summed E-state index contributed by atoms with van der Waals surface area (Å²) in [6.45, 7) is 0. The van der Waals surface area contributed by atoms with E-state index in [4.69, 9.17) is 4.42 Å². The maximum atomic E-state index is 11.8. The number of Topliss-reactive ketones (excluding diaryl/α,β-unsaturated/α-hetero) is 1. The van der Waals surface area contributed by atoms with Crippen LogP contribution >= 0.6 is 23.1 Å². The van der Waals surface area contributed by atoms with Crippen molar-refractivity contribution < 1.29 is 18.8 Å². The molecule has 0 aliphatic heterocycles. The van der Waals surface area contributed by atoms with Gasteiger partial charge in [-0.2, -0.15) is 0 Å². The molecule has 134 valence electrons. The van der Waals surface area contributed by atoms with Crippen LogP contribution in [-0.4, -0.2) is 28.3 Å². The molecule has 0 aliphatic carbocycles. The normalized spacial score (nSPS) is 10.6. The van der Waals surface area contributed by atoms with Gasteiger partial charge in [0.05, 0.1) is 10.6 Å². The van der Waals surface area contributed by atoms with Crippen molar-refractivity contribution in [1.29, 1.82) is 0 Å². The summed E-state index contributed by atoms with van der Waals surface area (Å²) >= 11 is 2.47. The lowest BCUT2D eigenvalue weighted by molar-refractivity contribution is -0.127. The molecule has 0 saturated heterocycles. The van der Waals surface area contributed by atoms with Gasteiger partial charge in [-0.25, -0.2) is 4.98 Å². The minimum Gasteiger partial charge on any atom is -0.431 e. The number of benzene rings is 1. The Labute approximate surface area is 157 Å². The molecule has 1 aromatic carbocycles. The number of carbonyl (C=O) groups excluding carboxylic acids is 3. The van der Waals surface area contributed by atoms with Crippen LogP contribution < -0.4 is 10.9 Å². The van der Waals surface area contributed by atoms with Gasteiger partial charge in [-0.3, -0.25) is 25.2 Å². The number of amides is 2. The maximum absolute atomic E-state index is 11.8. The lowest BCUT2D eigenvalue weighted by Gasteiger charge is -2.06. The molecule has 0 unspecified atom stereocenters. The van der Waals surface area contributed by atoms with Crippen LogP contribution in [0, 0.1) is 0 Å². The molecule has 2 N–H and O–H groups in total. The molecule has 0 spiro atoms. The minimum atomic E-state index is -0.421. The number of hydrazine groups is 1. The number of nitrogens with one attached hydrogen (secondary N) is 2. The zero-order valence-corrected chi connectivity index (χ0v) is 15.2. The van der Waals surface area contributed by atoms with Crippen LogP contribution in [0.25, 0.3) is 11.1 Å². The van der Waals surface area contributed by atoms with Crippen LogP contribution in [0.4, 0.5) is 0 Å². The lowest BCUT2D eigenvalue weighted by Crippen LogP contribution is -2.42. The second-order valence-electron chi connectivity index (χ2n) is 5.23. The Morgan fingerprint density at radius 1 is 1.04 bits per heavy atom. The number of aromatic nitrogens is 1. The summed E-state index contributed by atoms with van der Waals surface area (Å²) in [5.41, 5.74) is 5.98. The highest BCUT2D eigenvalue weighted by atomic mass is 32.2. The SMILES string of the molecule is O=C(CCC(=O)c1cccs1)NNC(=O)CSc1nc2ccccc2o1. The van der Waals surface area contributed by atoms with Gasteiger partial charge in [0.15, 0.2) is 11.4 Å². The highest BCUT2D eigenvalue weighted by Crippen LogP contribution is 2.22. The summed E-state index contributed by atoms with van der Waals surface area (Å²) in [5.74, 6) is -0.861. The van der Waals surface area contributed by atoms with E-state index in [1.165, 1.54) is 11.3 Å². The number of thioether (sulfide) groups is 1. The van der Waals surface area contributed by atoms with Crippen LogP contribution in [0.3, 0.4) is 0 Å². The van der Waals surface area contributed by atoms with Gasteiger partial charge in [0.1, 0.15) is 5.52 Å². The van der Waals surface area contributed by atoms with Crippen molar-refractivity contribution in [3.05, 3.63) is 46.7 Å². The van der Waals surface area contributed by atoms with Gasteiger partial charge in [-0.1, -0.05) is 30.0 Å². The van der Waals surface area contributed by atoms with Crippen molar-refractivity contribution in [1.82, 2.24) is 15.8 Å². The Bertz CT molecular complexity index is 888. The Morgan fingerprint density at radius 3 is 2.62 bits per heavy atom. The van der Waals surface area contributed by atoms with Crippen molar-refractivity contribution in [3.8, 4) is 0 Å². The summed E-state index contributed by atoms with van der Waals surface area (Å²) < 4.78 is 5.49. The van der Waals surface area contributed by atoms with Crippen molar-refractivity contribution in [2.45, 2.75) is 18.1 Å². The zero-order valence-electron chi connectivity index (χ0n) is 13.6. The molecule has 0 atom stereocenters. The molecule has 2 heterocycles. The maximum Gasteiger partial charge on any atom is 0.257 e. The van der Waals surface area contributed by atoms with Crippen LogP contribution in [-0.2, 0) is 9.59 Å². The van der Waals surface area contributed by atoms with Crippen molar-refractivity contribution in [2.24, 2.45) is 0 Å². The molecule has 3 aromatic rings. The largest absolute Gasteiger partial charge is 0.431 e. The molecule has 0 radical (unpaired) electrons. The zero-order chi connectivity index (χ0) is 18.4. The number of carbonyl (C=O) groups is 3. The summed E-state index contributed by atoms with van der Waals surface area (Å²) in [6, 6.07) is 10.8. The quantitative estimate of drug-likeness (QED) is 0.366. The van der Waals surface area contributed by atoms with E-state index in [-0.39, 0.29) is 24.4 Å². The summed E-state index contributed by atoms with van der Waals surface area (Å²) in [7, 11) is 0. The molecule has 0 saturated carbocycles. The number of oxazole rings is 1. The Morgan fingerprint density at radius 2 is 1.85 bits per heavy atom. The minimum absolute atomic E-state index is 0.00921. The number of para-hydroxylation sites is 2. The summed E-state index contributed by atoms with van der Waals surface area (Å²) in [6.07, 6.45) is 0.106. The predicted molar refractivity (Wildman–Crippen MR) is 98.9 cm³/mol. The molecular weight excluding hydrogens is 374 g/mol. The van der Waals surface area contributed by atoms with Crippen LogP contribution in [0.5, 0.6) is 0 Å². The first kappa shape index (κ1) is 18.2. The Kier molecular flexibility index (Phi) is 6.03. The van der Waals surface area contributed by atoms with Gasteiger partial charge >= 0.3 is 0 Å². The first-order chi connectivity index (χ1) is 12.6. The summed E-state index contributed by atoms with van der Waals surface area (Å²) in [5, 5.41) is 2.19. The van der Waals surface area contributed by atoms with E-state index < -0.39 is 11.8 Å². The van der Waals surface area contributed by atoms with E-state index in [1.54, 1.807) is 18.2 Å². The van der Waals surface area contributed by atoms with Crippen LogP contribution in [0.2, 0.25) is 0 Å². The summed E-state index contributed by atoms with van der Waals surface area (Å²) in [4.78, 5) is 40.2. The highest BCUT2D eigenvalue weighted by Gasteiger charge is 2.12. The number of hydrogen-bond acceptors (Lipinski definition) is 7. The molecule has 0 bridgehead atoms. The number of thiophene rings is 1. The molecule has 0 fully saturated rings. The van der Waals surface area contributed by atoms with E-state index in [1.807, 2.05) is 23.6 Å². The molecule has 2 aromatic heterocycles. The van der Waals surface area contributed by atoms with Crippen LogP contribution in [0.15, 0.2) is 51.4 Å². The van der Waals surface area contributed by atoms with Crippen molar-refractivity contribution in [2.75, 3.05) is 5.75 Å². The third-order valence-corrected chi connectivity index (χ3v) is 5.06. The fourth-order valence-corrected chi connectivity index (χ4v) is 3.40. The number of ketones is 1. The third-order valence-electron chi connectivity index (χ3n) is 3.32. The average molecular weight is 389 g/mol. The number of rotatable bonds is 7. The Balaban J connectivity index is 1.36. The smallest absolute Gasteiger partial charge is 0.257 e. The molecule has 9 heteroatoms. The van der Waals surface area contributed by atoms with Gasteiger partial charge in [-0.15, -0.1) is 11.3 Å². The van der Waals surface area contributed by atoms with Crippen molar-refractivity contribution >= 4 is 51.8 Å². The second kappa shape index (κ2) is 8.63. The lowest BCUT2D eigenvalue weighted by atomic mass is 10.2. The van der Waals surface area contributed by atoms with Crippen molar-refractivity contribution in [3.63, 3.8) is 0 Å². The number of nitrogens with zero attached hydrogens (tertiary/aromatic N) is 1.